The molecule has 0 aliphatic rings. The molecule has 0 saturated carbocycles. The van der Waals surface area contributed by atoms with E-state index >= 15 is 0 Å². The van der Waals surface area contributed by atoms with Crippen molar-refractivity contribution in [3.63, 3.8) is 0 Å². The fraction of sp³-hybridized carbons (Fsp3) is 0.389. The highest BCUT2D eigenvalue weighted by Crippen LogP contribution is 2.28. The zero-order valence-electron chi connectivity index (χ0n) is 14.3. The monoisotopic (exact) mass is 364 g/mol. The predicted molar refractivity (Wildman–Crippen MR) is 102 cm³/mol. The summed E-state index contributed by atoms with van der Waals surface area (Å²) in [4.78, 5) is 9.36. The van der Waals surface area contributed by atoms with Gasteiger partial charge in [-0.15, -0.1) is 0 Å². The molecule has 0 spiro atoms. The summed E-state index contributed by atoms with van der Waals surface area (Å²) in [6.45, 7) is 2.92. The fourth-order valence-electron chi connectivity index (χ4n) is 2.95. The van der Waals surface area contributed by atoms with Gasteiger partial charge < -0.3 is 14.2 Å². The van der Waals surface area contributed by atoms with Crippen LogP contribution < -0.4 is 0 Å². The molecule has 128 valence electrons. The Kier molecular flexibility index (Phi) is 5.30. The Morgan fingerprint density at radius 3 is 2.54 bits per heavy atom. The lowest BCUT2D eigenvalue weighted by molar-refractivity contribution is 0.293. The van der Waals surface area contributed by atoms with E-state index in [9.17, 15) is 0 Å². The molecular weight excluding hydrogens is 343 g/mol. The van der Waals surface area contributed by atoms with E-state index in [1.807, 2.05) is 24.4 Å². The largest absolute Gasteiger partial charge is 0.313 e. The Labute approximate surface area is 152 Å². The van der Waals surface area contributed by atoms with Crippen LogP contribution in [0.25, 0.3) is 16.6 Å². The number of fused-ring (bicyclic) bond motifs is 3. The van der Waals surface area contributed by atoms with Crippen molar-refractivity contribution < 1.29 is 0 Å². The summed E-state index contributed by atoms with van der Waals surface area (Å²) in [6, 6.07) is 7.85. The topological polar surface area (TPSA) is 23.8 Å². The second-order valence-electron chi connectivity index (χ2n) is 6.47. The maximum atomic E-state index is 6.18. The first-order valence-corrected chi connectivity index (χ1v) is 8.79. The van der Waals surface area contributed by atoms with Crippen molar-refractivity contribution in [2.24, 2.45) is 0 Å². The lowest BCUT2D eigenvalue weighted by Crippen LogP contribution is -2.24. The minimum Gasteiger partial charge on any atom is -0.313 e. The number of nitrogens with zero attached hydrogens (tertiary/aromatic N) is 4. The number of hydrogen-bond donors (Lipinski definition) is 0. The highest BCUT2D eigenvalue weighted by atomic mass is 35.5. The van der Waals surface area contributed by atoms with E-state index in [4.69, 9.17) is 28.2 Å². The molecule has 0 amide bonds. The van der Waals surface area contributed by atoms with E-state index in [1.54, 1.807) is 0 Å². The van der Waals surface area contributed by atoms with Crippen molar-refractivity contribution in [3.05, 3.63) is 46.2 Å². The number of benzene rings is 1. The van der Waals surface area contributed by atoms with E-state index in [1.165, 1.54) is 0 Å². The summed E-state index contributed by atoms with van der Waals surface area (Å²) in [5.41, 5.74) is 4.01. The first kappa shape index (κ1) is 17.5. The lowest BCUT2D eigenvalue weighted by Gasteiger charge is -2.19. The Bertz CT molecular complexity index is 857. The van der Waals surface area contributed by atoms with Crippen molar-refractivity contribution in [1.29, 1.82) is 0 Å². The zero-order chi connectivity index (χ0) is 17.3. The molecule has 1 aromatic carbocycles. The summed E-state index contributed by atoms with van der Waals surface area (Å²) >= 11 is 12.3. The number of halogens is 2. The van der Waals surface area contributed by atoms with Crippen LogP contribution in [0, 0.1) is 0 Å². The molecular formula is C18H22Cl2N4. The quantitative estimate of drug-likeness (QED) is 0.655. The number of rotatable bonds is 6. The molecule has 3 aromatic rings. The van der Waals surface area contributed by atoms with Gasteiger partial charge in [0.2, 0.25) is 0 Å². The van der Waals surface area contributed by atoms with Crippen molar-refractivity contribution >= 4 is 39.8 Å². The van der Waals surface area contributed by atoms with Gasteiger partial charge in [0, 0.05) is 12.7 Å². The van der Waals surface area contributed by atoms with Crippen molar-refractivity contribution in [3.8, 4) is 0 Å². The number of hydrogen-bond acceptors (Lipinski definition) is 3. The van der Waals surface area contributed by atoms with E-state index in [0.717, 1.165) is 48.3 Å². The van der Waals surface area contributed by atoms with Gasteiger partial charge in [-0.25, -0.2) is 4.98 Å². The number of aromatic nitrogens is 2. The van der Waals surface area contributed by atoms with Gasteiger partial charge in [0.05, 0.1) is 32.3 Å². The van der Waals surface area contributed by atoms with E-state index in [2.05, 4.69) is 41.4 Å². The Hall–Kier alpha value is -1.33. The lowest BCUT2D eigenvalue weighted by atomic mass is 10.2. The molecule has 24 heavy (non-hydrogen) atoms. The molecule has 0 aliphatic carbocycles. The maximum Gasteiger partial charge on any atom is 0.0890 e. The second-order valence-corrected chi connectivity index (χ2v) is 7.29. The average molecular weight is 365 g/mol. The van der Waals surface area contributed by atoms with Crippen LogP contribution in [0.1, 0.15) is 12.1 Å². The molecule has 0 atom stereocenters. The summed E-state index contributed by atoms with van der Waals surface area (Å²) < 4.78 is 2.13. The summed E-state index contributed by atoms with van der Waals surface area (Å²) in [5.74, 6) is 0. The van der Waals surface area contributed by atoms with Gasteiger partial charge in [-0.3, -0.25) is 0 Å². The van der Waals surface area contributed by atoms with Crippen LogP contribution >= 0.6 is 23.2 Å². The summed E-state index contributed by atoms with van der Waals surface area (Å²) in [5, 5.41) is 1.09. The average Bonchev–Trinajstić information content (AvgIpc) is 2.99. The smallest absolute Gasteiger partial charge is 0.0890 e. The van der Waals surface area contributed by atoms with Crippen LogP contribution in [0.15, 0.2) is 30.5 Å². The van der Waals surface area contributed by atoms with Crippen LogP contribution in [0.5, 0.6) is 0 Å². The van der Waals surface area contributed by atoms with Crippen LogP contribution in [0.3, 0.4) is 0 Å². The van der Waals surface area contributed by atoms with Crippen LogP contribution in [0.4, 0.5) is 0 Å². The van der Waals surface area contributed by atoms with Crippen molar-refractivity contribution in [2.45, 2.75) is 13.0 Å². The zero-order valence-corrected chi connectivity index (χ0v) is 15.8. The van der Waals surface area contributed by atoms with Gasteiger partial charge >= 0.3 is 0 Å². The molecule has 0 bridgehead atoms. The first-order chi connectivity index (χ1) is 11.5. The highest BCUT2D eigenvalue weighted by molar-refractivity contribution is 6.42. The molecule has 3 rings (SSSR count). The third-order valence-electron chi connectivity index (χ3n) is 4.14. The Morgan fingerprint density at radius 2 is 1.79 bits per heavy atom. The molecule has 0 N–H and O–H groups in total. The molecule has 0 unspecified atom stereocenters. The van der Waals surface area contributed by atoms with Crippen LogP contribution in [0.2, 0.25) is 10.0 Å². The SMILES string of the molecule is CN(C)CCCN(C)Cc1nc2cc(Cl)c(Cl)cc2n2cccc12. The van der Waals surface area contributed by atoms with Gasteiger partial charge in [0.1, 0.15) is 0 Å². The molecule has 0 aliphatic heterocycles. The van der Waals surface area contributed by atoms with Crippen LogP contribution in [-0.2, 0) is 6.54 Å². The first-order valence-electron chi connectivity index (χ1n) is 8.03. The van der Waals surface area contributed by atoms with Gasteiger partial charge in [0.25, 0.3) is 0 Å². The molecule has 2 heterocycles. The highest BCUT2D eigenvalue weighted by Gasteiger charge is 2.12. The van der Waals surface area contributed by atoms with E-state index < -0.39 is 0 Å². The third-order valence-corrected chi connectivity index (χ3v) is 4.86. The van der Waals surface area contributed by atoms with E-state index in [-0.39, 0.29) is 0 Å². The molecule has 2 aromatic heterocycles. The molecule has 4 nitrogen and oxygen atoms in total. The van der Waals surface area contributed by atoms with Gasteiger partial charge in [-0.1, -0.05) is 23.2 Å². The Balaban J connectivity index is 1.92. The normalized spacial score (nSPS) is 12.1. The Morgan fingerprint density at radius 1 is 1.04 bits per heavy atom. The van der Waals surface area contributed by atoms with Gasteiger partial charge in [-0.2, -0.15) is 0 Å². The van der Waals surface area contributed by atoms with Gasteiger partial charge in [0.15, 0.2) is 0 Å². The fourth-order valence-corrected chi connectivity index (χ4v) is 3.26. The summed E-state index contributed by atoms with van der Waals surface area (Å²) in [7, 11) is 6.34. The molecule has 0 fully saturated rings. The predicted octanol–water partition coefficient (Wildman–Crippen LogP) is 4.18. The molecule has 0 radical (unpaired) electrons. The minimum atomic E-state index is 0.536. The van der Waals surface area contributed by atoms with Crippen molar-refractivity contribution in [1.82, 2.24) is 19.2 Å². The third kappa shape index (κ3) is 3.67. The minimum absolute atomic E-state index is 0.536. The standard InChI is InChI=1S/C18H22Cl2N4/c1-22(2)7-5-8-23(3)12-16-17-6-4-9-24(17)18-11-14(20)13(19)10-15(18)21-16/h4,6,9-11H,5,7-8,12H2,1-3H3. The molecule has 6 heteroatoms. The van der Waals surface area contributed by atoms with Gasteiger partial charge in [-0.05, 0) is 64.9 Å². The maximum absolute atomic E-state index is 6.18. The molecule has 0 saturated heterocycles. The van der Waals surface area contributed by atoms with E-state index in [0.29, 0.717) is 10.0 Å². The van der Waals surface area contributed by atoms with Crippen LogP contribution in [-0.4, -0.2) is 53.4 Å². The van der Waals surface area contributed by atoms with Crippen molar-refractivity contribution in [2.75, 3.05) is 34.2 Å². The summed E-state index contributed by atoms with van der Waals surface area (Å²) in [6.07, 6.45) is 3.18. The second kappa shape index (κ2) is 7.28.